The highest BCUT2D eigenvalue weighted by Crippen LogP contribution is 2.44. The van der Waals surface area contributed by atoms with Gasteiger partial charge in [0.15, 0.2) is 0 Å². The van der Waals surface area contributed by atoms with Crippen molar-refractivity contribution < 1.29 is 23.7 Å². The molecular weight excluding hydrogens is 939 g/mol. The number of halogens is 2. The molecule has 2 N–H and O–H groups in total. The molecule has 5 heteroatoms. The lowest BCUT2D eigenvalue weighted by Crippen LogP contribution is -2.37. The van der Waals surface area contributed by atoms with E-state index < -0.39 is 12.2 Å². The zero-order chi connectivity index (χ0) is 61.3. The lowest BCUT2D eigenvalue weighted by atomic mass is 9.69. The average molecular weight is 1090 g/mol. The van der Waals surface area contributed by atoms with Crippen LogP contribution in [0.3, 0.4) is 0 Å². The van der Waals surface area contributed by atoms with E-state index in [1.807, 2.05) is 41.5 Å². The standard InChI is InChI=1S/C13H26.C11H24.C10H22O.C10H20.C10H22.C9H18F2O.C8H18O/c1-10(2)13(11(3)4)12-8-6-5-7-9-12;1-8(2)10(9(3)4)11(5,6)7;1-7(2)9(8(3)4)10(5,6)11;1-7(2)10(8(3)4)9-5-6-9;1-6-7-10(8(2)3)9(4)5;1-6(2)8(7(3)4)5-12-9(10)11;1-6(2)8(5-9)7(3)4/h10-13H,5-9H2,1-4H3;8-10H,1-7H3;7-9,11H,1-6H3;7-10H,5-6H2,1-4H3;8-10H,6-7H2,1-5H3;6-9H,5H2,1-4H3;6-9H,5H2,1-4H3. The Morgan fingerprint density at radius 3 is 0.803 bits per heavy atom. The predicted octanol–water partition coefficient (Wildman–Crippen LogP) is 23.2. The summed E-state index contributed by atoms with van der Waals surface area (Å²) >= 11 is 0. The van der Waals surface area contributed by atoms with E-state index in [0.717, 1.165) is 82.9 Å². The van der Waals surface area contributed by atoms with Gasteiger partial charge in [-0.25, -0.2) is 0 Å². The van der Waals surface area contributed by atoms with E-state index in [0.29, 0.717) is 59.4 Å². The minimum atomic E-state index is -2.63. The molecule has 0 aromatic carbocycles. The molecule has 0 aromatic rings. The van der Waals surface area contributed by atoms with Crippen molar-refractivity contribution >= 4 is 0 Å². The minimum Gasteiger partial charge on any atom is -0.396 e. The molecule has 2 fully saturated rings. The van der Waals surface area contributed by atoms with E-state index >= 15 is 0 Å². The normalized spacial score (nSPS) is 15.0. The molecule has 3 nitrogen and oxygen atoms in total. The molecule has 0 bridgehead atoms. The first kappa shape index (κ1) is 84.5. The molecule has 0 spiro atoms. The van der Waals surface area contributed by atoms with Gasteiger partial charge in [0.25, 0.3) is 0 Å². The van der Waals surface area contributed by atoms with Crippen molar-refractivity contribution in [3.63, 3.8) is 0 Å². The van der Waals surface area contributed by atoms with Gasteiger partial charge >= 0.3 is 6.61 Å². The molecule has 466 valence electrons. The van der Waals surface area contributed by atoms with Crippen molar-refractivity contribution in [3.05, 3.63) is 0 Å². The molecule has 2 aliphatic rings. The van der Waals surface area contributed by atoms with Crippen LogP contribution in [0.1, 0.15) is 293 Å². The number of hydrogen-bond acceptors (Lipinski definition) is 3. The van der Waals surface area contributed by atoms with E-state index in [4.69, 9.17) is 5.11 Å². The molecule has 0 aliphatic heterocycles. The lowest BCUT2D eigenvalue weighted by molar-refractivity contribution is -0.144. The molecule has 0 amide bonds. The Bertz CT molecular complexity index is 1150. The SMILES string of the molecule is CC(C)C(C(C)C)C(C)(C)C.CC(C)C(C(C)C)C(C)(C)O.CC(C)C(C(C)C)C1CC1.CC(C)C(C(C)C)C1CCCCC1.CC(C)C(CO)C(C)C.CC(C)C(COC(F)F)C(C)C.CCCC(C(C)C)C(C)C. The minimum absolute atomic E-state index is 0.160. The number of rotatable bonds is 23. The second kappa shape index (κ2) is 44.3. The Morgan fingerprint density at radius 2 is 0.684 bits per heavy atom. The molecule has 0 aromatic heterocycles. The Balaban J connectivity index is -0.000000259. The lowest BCUT2D eigenvalue weighted by Gasteiger charge is -2.37. The molecule has 0 heterocycles. The maximum Gasteiger partial charge on any atom is 0.345 e. The first-order valence-electron chi connectivity index (χ1n) is 32.6. The molecule has 2 saturated carbocycles. The summed E-state index contributed by atoms with van der Waals surface area (Å²) in [6.45, 7) is 74.1. The molecular formula is C71H150F2O3. The number of aliphatic hydroxyl groups excluding tert-OH is 1. The number of hydrogen-bond donors (Lipinski definition) is 2. The molecule has 0 atom stereocenters. The third kappa shape index (κ3) is 41.7. The van der Waals surface area contributed by atoms with Crippen molar-refractivity contribution in [3.8, 4) is 0 Å². The van der Waals surface area contributed by atoms with Crippen molar-refractivity contribution in [1.29, 1.82) is 0 Å². The van der Waals surface area contributed by atoms with Gasteiger partial charge in [0, 0.05) is 6.61 Å². The van der Waals surface area contributed by atoms with Crippen molar-refractivity contribution in [1.82, 2.24) is 0 Å². The van der Waals surface area contributed by atoms with Crippen LogP contribution in [0.25, 0.3) is 0 Å². The highest BCUT2D eigenvalue weighted by Gasteiger charge is 2.35. The Kier molecular flexibility index (Phi) is 49.3. The van der Waals surface area contributed by atoms with E-state index in [9.17, 15) is 13.9 Å². The average Bonchev–Trinajstić information content (AvgIpc) is 4.04. The van der Waals surface area contributed by atoms with E-state index in [1.54, 1.807) is 0 Å². The molecule has 76 heavy (non-hydrogen) atoms. The first-order valence-corrected chi connectivity index (χ1v) is 32.6. The van der Waals surface area contributed by atoms with Crippen molar-refractivity contribution in [2.75, 3.05) is 13.2 Å². The summed E-state index contributed by atoms with van der Waals surface area (Å²) in [5, 5.41) is 18.7. The third-order valence-corrected chi connectivity index (χ3v) is 17.5. The second-order valence-corrected chi connectivity index (χ2v) is 30.9. The van der Waals surface area contributed by atoms with Crippen molar-refractivity contribution in [2.24, 2.45) is 142 Å². The van der Waals surface area contributed by atoms with Gasteiger partial charge in [-0.3, -0.25) is 0 Å². The zero-order valence-corrected chi connectivity index (χ0v) is 58.7. The monoisotopic (exact) mass is 1090 g/mol. The van der Waals surface area contributed by atoms with Gasteiger partial charge < -0.3 is 14.9 Å². The summed E-state index contributed by atoms with van der Waals surface area (Å²) in [5.74, 6) is 16.9. The van der Waals surface area contributed by atoms with Gasteiger partial charge in [-0.1, -0.05) is 267 Å². The van der Waals surface area contributed by atoms with E-state index in [-0.39, 0.29) is 12.5 Å². The van der Waals surface area contributed by atoms with Gasteiger partial charge in [-0.15, -0.1) is 0 Å². The third-order valence-electron chi connectivity index (χ3n) is 17.5. The summed E-state index contributed by atoms with van der Waals surface area (Å²) in [6.07, 6.45) is 13.2. The van der Waals surface area contributed by atoms with E-state index in [2.05, 4.69) is 199 Å². The summed E-state index contributed by atoms with van der Waals surface area (Å²) in [5.41, 5.74) is -0.0787. The van der Waals surface area contributed by atoms with Crippen LogP contribution in [0.5, 0.6) is 0 Å². The summed E-state index contributed by atoms with van der Waals surface area (Å²) in [4.78, 5) is 0. The molecule has 0 unspecified atom stereocenters. The summed E-state index contributed by atoms with van der Waals surface area (Å²) in [7, 11) is 0. The van der Waals surface area contributed by atoms with Crippen LogP contribution in [0.4, 0.5) is 8.78 Å². The zero-order valence-electron chi connectivity index (χ0n) is 58.7. The molecule has 2 rings (SSSR count). The van der Waals surface area contributed by atoms with Crippen LogP contribution in [-0.2, 0) is 4.74 Å². The maximum absolute atomic E-state index is 11.7. The highest BCUT2D eigenvalue weighted by molar-refractivity contribution is 4.85. The fourth-order valence-corrected chi connectivity index (χ4v) is 15.2. The Hall–Kier alpha value is -0.260. The largest absolute Gasteiger partial charge is 0.396 e. The fraction of sp³-hybridized carbons (Fsp3) is 1.00. The van der Waals surface area contributed by atoms with Crippen LogP contribution in [0, 0.1) is 142 Å². The van der Waals surface area contributed by atoms with Gasteiger partial charge in [0.05, 0.1) is 12.2 Å². The van der Waals surface area contributed by atoms with Gasteiger partial charge in [0.2, 0.25) is 0 Å². The van der Waals surface area contributed by atoms with Gasteiger partial charge in [0.1, 0.15) is 0 Å². The second-order valence-electron chi connectivity index (χ2n) is 30.9. The van der Waals surface area contributed by atoms with Crippen molar-refractivity contribution in [2.45, 2.75) is 305 Å². The number of ether oxygens (including phenoxy) is 1. The fourth-order valence-electron chi connectivity index (χ4n) is 15.2. The van der Waals surface area contributed by atoms with Crippen LogP contribution in [-0.4, -0.2) is 35.6 Å². The molecule has 0 radical (unpaired) electrons. The first-order chi connectivity index (χ1) is 34.4. The molecule has 0 saturated heterocycles. The quantitative estimate of drug-likeness (QED) is 0.107. The van der Waals surface area contributed by atoms with Crippen LogP contribution in [0.15, 0.2) is 0 Å². The van der Waals surface area contributed by atoms with Crippen LogP contribution < -0.4 is 0 Å². The maximum atomic E-state index is 11.7. The summed E-state index contributed by atoms with van der Waals surface area (Å²) in [6, 6.07) is 0. The highest BCUT2D eigenvalue weighted by atomic mass is 19.3. The van der Waals surface area contributed by atoms with Gasteiger partial charge in [-0.05, 0) is 168 Å². The molecule has 2 aliphatic carbocycles. The summed E-state index contributed by atoms with van der Waals surface area (Å²) < 4.78 is 27.7. The number of alkyl halides is 2. The van der Waals surface area contributed by atoms with Crippen LogP contribution in [0.2, 0.25) is 0 Å². The Labute approximate surface area is 481 Å². The topological polar surface area (TPSA) is 49.7 Å². The predicted molar refractivity (Wildman–Crippen MR) is 341 cm³/mol. The van der Waals surface area contributed by atoms with Gasteiger partial charge in [-0.2, -0.15) is 8.78 Å². The van der Waals surface area contributed by atoms with Crippen LogP contribution >= 0.6 is 0 Å². The Morgan fingerprint density at radius 1 is 0.395 bits per heavy atom. The smallest absolute Gasteiger partial charge is 0.345 e. The number of aliphatic hydroxyl groups is 2. The van der Waals surface area contributed by atoms with E-state index in [1.165, 1.54) is 57.8 Å².